The lowest BCUT2D eigenvalue weighted by Crippen LogP contribution is -2.45. The Morgan fingerprint density at radius 2 is 2.00 bits per heavy atom. The number of hydrogen-bond donors (Lipinski definition) is 3. The van der Waals surface area contributed by atoms with Crippen molar-refractivity contribution in [3.8, 4) is 0 Å². The van der Waals surface area contributed by atoms with Crippen molar-refractivity contribution in [2.24, 2.45) is 0 Å². The van der Waals surface area contributed by atoms with Crippen LogP contribution in [-0.2, 0) is 24.5 Å². The molecule has 0 saturated carbocycles. The van der Waals surface area contributed by atoms with Gasteiger partial charge in [-0.05, 0) is 6.92 Å². The second-order valence-corrected chi connectivity index (χ2v) is 4.21. The largest absolute Gasteiger partial charge is 0.467 e. The van der Waals surface area contributed by atoms with E-state index < -0.39 is 34.9 Å². The maximum absolute atomic E-state index is 11.1. The van der Waals surface area contributed by atoms with Gasteiger partial charge in [-0.1, -0.05) is 0 Å². The number of amides is 1. The van der Waals surface area contributed by atoms with E-state index in [1.807, 2.05) is 0 Å². The topological polar surface area (TPSA) is 131 Å². The summed E-state index contributed by atoms with van der Waals surface area (Å²) in [6.07, 6.45) is -2.81. The molecule has 0 aliphatic rings. The molecule has 0 aliphatic heterocycles. The van der Waals surface area contributed by atoms with Crippen molar-refractivity contribution in [2.45, 2.75) is 13.0 Å². The van der Waals surface area contributed by atoms with Crippen molar-refractivity contribution < 1.29 is 32.6 Å². The normalized spacial score (nSPS) is 12.6. The first-order valence-electron chi connectivity index (χ1n) is 4.52. The minimum atomic E-state index is -4.18. The number of methoxy groups -OCH3 is 1. The Morgan fingerprint density at radius 1 is 1.41 bits per heavy atom. The summed E-state index contributed by atoms with van der Waals surface area (Å²) in [5.74, 6) is -0.996. The van der Waals surface area contributed by atoms with Gasteiger partial charge in [0.2, 0.25) is 0 Å². The van der Waals surface area contributed by atoms with Gasteiger partial charge in [-0.25, -0.2) is 14.3 Å². The Balaban J connectivity index is 4.19. The zero-order chi connectivity index (χ0) is 13.5. The van der Waals surface area contributed by atoms with Gasteiger partial charge < -0.3 is 14.6 Å². The Hall–Kier alpha value is -1.39. The van der Waals surface area contributed by atoms with E-state index in [9.17, 15) is 18.0 Å². The van der Waals surface area contributed by atoms with Crippen molar-refractivity contribution in [2.75, 3.05) is 20.3 Å². The summed E-state index contributed by atoms with van der Waals surface area (Å²) in [6.45, 7) is 0.883. The number of nitrogens with one attached hydrogen (secondary N) is 2. The van der Waals surface area contributed by atoms with Gasteiger partial charge in [0.25, 0.3) is 0 Å². The predicted molar refractivity (Wildman–Crippen MR) is 55.1 cm³/mol. The monoisotopic (exact) mass is 270 g/mol. The molecule has 0 saturated heterocycles. The molecule has 0 bridgehead atoms. The predicted octanol–water partition coefficient (Wildman–Crippen LogP) is -1.90. The lowest BCUT2D eigenvalue weighted by atomic mass is 10.4. The van der Waals surface area contributed by atoms with Gasteiger partial charge in [-0.3, -0.25) is 0 Å². The van der Waals surface area contributed by atoms with Crippen LogP contribution in [0.4, 0.5) is 4.79 Å². The van der Waals surface area contributed by atoms with Crippen molar-refractivity contribution in [3.63, 3.8) is 0 Å². The molecule has 3 N–H and O–H groups in total. The molecule has 0 fully saturated rings. The standard InChI is InChI=1S/C7H14N2O7S/c1-3-16-7(12)9-17(13,14)8-4-5(10)6(11)15-2/h5,8,10H,3-4H2,1-2H3,(H,9,12). The van der Waals surface area contributed by atoms with E-state index in [-0.39, 0.29) is 6.61 Å². The molecular weight excluding hydrogens is 256 g/mol. The fourth-order valence-electron chi connectivity index (χ4n) is 0.714. The Bertz CT molecular complexity index is 366. The molecule has 9 nitrogen and oxygen atoms in total. The van der Waals surface area contributed by atoms with E-state index in [4.69, 9.17) is 5.11 Å². The number of ether oxygens (including phenoxy) is 2. The summed E-state index contributed by atoms with van der Waals surface area (Å²) in [4.78, 5) is 21.5. The highest BCUT2D eigenvalue weighted by Crippen LogP contribution is 1.88. The first-order chi connectivity index (χ1) is 7.82. The fourth-order valence-corrected chi connectivity index (χ4v) is 1.44. The van der Waals surface area contributed by atoms with E-state index in [1.54, 1.807) is 4.72 Å². The smallest absolute Gasteiger partial charge is 0.421 e. The molecule has 1 amide bonds. The zero-order valence-corrected chi connectivity index (χ0v) is 10.1. The lowest BCUT2D eigenvalue weighted by Gasteiger charge is -2.10. The zero-order valence-electron chi connectivity index (χ0n) is 9.30. The summed E-state index contributed by atoms with van der Waals surface area (Å²) < 4.78 is 34.1. The summed E-state index contributed by atoms with van der Waals surface area (Å²) in [7, 11) is -3.14. The number of carbonyl (C=O) groups is 2. The second kappa shape index (κ2) is 7.04. The van der Waals surface area contributed by atoms with E-state index in [0.29, 0.717) is 0 Å². The first-order valence-corrected chi connectivity index (χ1v) is 6.00. The molecule has 0 rings (SSSR count). The Labute approximate surface area is 98.3 Å². The number of aliphatic hydroxyl groups excluding tert-OH is 1. The molecule has 0 aromatic rings. The molecule has 100 valence electrons. The molecule has 0 heterocycles. The molecule has 10 heteroatoms. The van der Waals surface area contributed by atoms with Crippen LogP contribution >= 0.6 is 0 Å². The number of hydrogen-bond acceptors (Lipinski definition) is 7. The van der Waals surface area contributed by atoms with Gasteiger partial charge in [0, 0.05) is 6.54 Å². The van der Waals surface area contributed by atoms with Crippen LogP contribution in [0.15, 0.2) is 0 Å². The quantitative estimate of drug-likeness (QED) is 0.480. The van der Waals surface area contributed by atoms with Crippen molar-refractivity contribution in [3.05, 3.63) is 0 Å². The van der Waals surface area contributed by atoms with Gasteiger partial charge in [0.05, 0.1) is 13.7 Å². The van der Waals surface area contributed by atoms with Crippen LogP contribution in [0.25, 0.3) is 0 Å². The summed E-state index contributed by atoms with van der Waals surface area (Å²) in [5.41, 5.74) is 0. The highest BCUT2D eigenvalue weighted by atomic mass is 32.2. The van der Waals surface area contributed by atoms with Crippen LogP contribution in [0.1, 0.15) is 6.92 Å². The van der Waals surface area contributed by atoms with Gasteiger partial charge in [0.15, 0.2) is 6.10 Å². The third-order valence-corrected chi connectivity index (χ3v) is 2.42. The van der Waals surface area contributed by atoms with Crippen LogP contribution in [0.3, 0.4) is 0 Å². The minimum absolute atomic E-state index is 0.00609. The SMILES string of the molecule is CCOC(=O)NS(=O)(=O)NCC(O)C(=O)OC. The number of esters is 1. The molecule has 0 radical (unpaired) electrons. The first kappa shape index (κ1) is 15.6. The second-order valence-electron chi connectivity index (χ2n) is 2.71. The summed E-state index contributed by atoms with van der Waals surface area (Å²) >= 11 is 0. The van der Waals surface area contributed by atoms with Crippen molar-refractivity contribution >= 4 is 22.3 Å². The van der Waals surface area contributed by atoms with Crippen LogP contribution in [0.5, 0.6) is 0 Å². The van der Waals surface area contributed by atoms with Crippen LogP contribution in [-0.4, -0.2) is 52.0 Å². The average molecular weight is 270 g/mol. The molecular formula is C7H14N2O7S. The van der Waals surface area contributed by atoms with Gasteiger partial charge in [-0.2, -0.15) is 13.1 Å². The van der Waals surface area contributed by atoms with Crippen molar-refractivity contribution in [1.82, 2.24) is 9.44 Å². The van der Waals surface area contributed by atoms with E-state index >= 15 is 0 Å². The summed E-state index contributed by atoms with van der Waals surface area (Å²) in [6, 6.07) is 0. The molecule has 1 atom stereocenters. The molecule has 0 aromatic heterocycles. The lowest BCUT2D eigenvalue weighted by molar-refractivity contribution is -0.149. The van der Waals surface area contributed by atoms with Gasteiger partial charge in [0.1, 0.15) is 0 Å². The highest BCUT2D eigenvalue weighted by molar-refractivity contribution is 7.88. The molecule has 1 unspecified atom stereocenters. The van der Waals surface area contributed by atoms with Crippen LogP contribution < -0.4 is 9.44 Å². The fraction of sp³-hybridized carbons (Fsp3) is 0.714. The molecule has 0 spiro atoms. The Kier molecular flexibility index (Phi) is 6.46. The number of carbonyl (C=O) groups excluding carboxylic acids is 2. The number of aliphatic hydroxyl groups is 1. The van der Waals surface area contributed by atoms with E-state index in [2.05, 4.69) is 9.47 Å². The van der Waals surface area contributed by atoms with Gasteiger partial charge >= 0.3 is 22.3 Å². The van der Waals surface area contributed by atoms with E-state index in [0.717, 1.165) is 7.11 Å². The van der Waals surface area contributed by atoms with Crippen LogP contribution in [0, 0.1) is 0 Å². The highest BCUT2D eigenvalue weighted by Gasteiger charge is 2.20. The molecule has 17 heavy (non-hydrogen) atoms. The molecule has 0 aliphatic carbocycles. The Morgan fingerprint density at radius 3 is 2.47 bits per heavy atom. The van der Waals surface area contributed by atoms with Crippen molar-refractivity contribution in [1.29, 1.82) is 0 Å². The third kappa shape index (κ3) is 6.71. The maximum atomic E-state index is 11.1. The van der Waals surface area contributed by atoms with E-state index in [1.165, 1.54) is 11.6 Å². The third-order valence-electron chi connectivity index (χ3n) is 1.43. The van der Waals surface area contributed by atoms with Gasteiger partial charge in [-0.15, -0.1) is 0 Å². The average Bonchev–Trinajstić information content (AvgIpc) is 2.24. The minimum Gasteiger partial charge on any atom is -0.467 e. The summed E-state index contributed by atoms with van der Waals surface area (Å²) in [5, 5.41) is 9.07. The van der Waals surface area contributed by atoms with Crippen LogP contribution in [0.2, 0.25) is 0 Å². The molecule has 0 aromatic carbocycles. The number of rotatable bonds is 6. The maximum Gasteiger partial charge on any atom is 0.421 e.